The van der Waals surface area contributed by atoms with E-state index in [9.17, 15) is 14.9 Å². The molecular formula is C12H12N2O3. The third-order valence-corrected chi connectivity index (χ3v) is 2.76. The van der Waals surface area contributed by atoms with Gasteiger partial charge < -0.3 is 4.98 Å². The van der Waals surface area contributed by atoms with Gasteiger partial charge in [0.15, 0.2) is 6.29 Å². The molecule has 2 aromatic rings. The zero-order valence-electron chi connectivity index (χ0n) is 9.56. The van der Waals surface area contributed by atoms with Gasteiger partial charge in [-0.3, -0.25) is 14.9 Å². The van der Waals surface area contributed by atoms with Crippen LogP contribution >= 0.6 is 0 Å². The van der Waals surface area contributed by atoms with Gasteiger partial charge in [-0.1, -0.05) is 13.8 Å². The minimum atomic E-state index is -0.449. The SMILES string of the molecule is CC(C)c1[nH]c2cc([N+](=O)[O-])ccc2c1C=O. The van der Waals surface area contributed by atoms with E-state index in [1.54, 1.807) is 6.07 Å². The van der Waals surface area contributed by atoms with Crippen molar-refractivity contribution >= 4 is 22.9 Å². The number of benzene rings is 1. The Balaban J connectivity index is 2.73. The lowest BCUT2D eigenvalue weighted by Gasteiger charge is -2.01. The molecule has 1 heterocycles. The van der Waals surface area contributed by atoms with Crippen molar-refractivity contribution in [3.05, 3.63) is 39.6 Å². The Morgan fingerprint density at radius 1 is 1.41 bits per heavy atom. The minimum absolute atomic E-state index is 0.0199. The smallest absolute Gasteiger partial charge is 0.271 e. The molecule has 5 heteroatoms. The van der Waals surface area contributed by atoms with Crippen LogP contribution in [0.3, 0.4) is 0 Å². The van der Waals surface area contributed by atoms with Crippen LogP contribution in [0.5, 0.6) is 0 Å². The fourth-order valence-corrected chi connectivity index (χ4v) is 1.92. The predicted molar refractivity (Wildman–Crippen MR) is 64.4 cm³/mol. The van der Waals surface area contributed by atoms with E-state index < -0.39 is 4.92 Å². The third-order valence-electron chi connectivity index (χ3n) is 2.76. The Morgan fingerprint density at radius 3 is 2.65 bits per heavy atom. The van der Waals surface area contributed by atoms with Crippen molar-refractivity contribution in [1.29, 1.82) is 0 Å². The molecule has 0 aliphatic rings. The summed E-state index contributed by atoms with van der Waals surface area (Å²) in [4.78, 5) is 24.4. The van der Waals surface area contributed by atoms with Crippen molar-refractivity contribution in [1.82, 2.24) is 4.98 Å². The molecule has 1 aromatic heterocycles. The summed E-state index contributed by atoms with van der Waals surface area (Å²) in [6.45, 7) is 3.93. The largest absolute Gasteiger partial charge is 0.357 e. The van der Waals surface area contributed by atoms with Crippen LogP contribution < -0.4 is 0 Å². The van der Waals surface area contributed by atoms with E-state index in [4.69, 9.17) is 0 Å². The fourth-order valence-electron chi connectivity index (χ4n) is 1.92. The molecule has 5 nitrogen and oxygen atoms in total. The van der Waals surface area contributed by atoms with E-state index in [-0.39, 0.29) is 11.6 Å². The number of hydrogen-bond donors (Lipinski definition) is 1. The molecule has 88 valence electrons. The van der Waals surface area contributed by atoms with Crippen LogP contribution in [-0.2, 0) is 0 Å². The van der Waals surface area contributed by atoms with Gasteiger partial charge in [0.05, 0.1) is 10.4 Å². The molecule has 0 saturated carbocycles. The normalized spacial score (nSPS) is 11.0. The molecule has 0 spiro atoms. The quantitative estimate of drug-likeness (QED) is 0.502. The summed E-state index contributed by atoms with van der Waals surface area (Å²) >= 11 is 0. The van der Waals surface area contributed by atoms with Gasteiger partial charge in [-0.15, -0.1) is 0 Å². The van der Waals surface area contributed by atoms with Gasteiger partial charge in [0.25, 0.3) is 5.69 Å². The van der Waals surface area contributed by atoms with E-state index in [1.807, 2.05) is 13.8 Å². The van der Waals surface area contributed by atoms with E-state index in [0.29, 0.717) is 11.1 Å². The Morgan fingerprint density at radius 2 is 2.12 bits per heavy atom. The Bertz CT molecular complexity index is 599. The summed E-state index contributed by atoms with van der Waals surface area (Å²) in [6.07, 6.45) is 0.792. The second-order valence-electron chi connectivity index (χ2n) is 4.21. The van der Waals surface area contributed by atoms with Crippen LogP contribution in [-0.4, -0.2) is 16.2 Å². The lowest BCUT2D eigenvalue weighted by atomic mass is 10.0. The number of nitrogens with zero attached hydrogens (tertiary/aromatic N) is 1. The van der Waals surface area contributed by atoms with Crippen molar-refractivity contribution in [2.24, 2.45) is 0 Å². The minimum Gasteiger partial charge on any atom is -0.357 e. The number of H-pyrrole nitrogens is 1. The maximum atomic E-state index is 11.1. The van der Waals surface area contributed by atoms with Crippen LogP contribution in [0.15, 0.2) is 18.2 Å². The second kappa shape index (κ2) is 4.01. The van der Waals surface area contributed by atoms with Crippen LogP contribution in [0.25, 0.3) is 10.9 Å². The third kappa shape index (κ3) is 1.80. The van der Waals surface area contributed by atoms with Gasteiger partial charge in [-0.2, -0.15) is 0 Å². The summed E-state index contributed by atoms with van der Waals surface area (Å²) < 4.78 is 0. The molecule has 0 bridgehead atoms. The number of nitro groups is 1. The number of carbonyl (C=O) groups excluding carboxylic acids is 1. The van der Waals surface area contributed by atoms with Crippen molar-refractivity contribution < 1.29 is 9.72 Å². The number of hydrogen-bond acceptors (Lipinski definition) is 3. The molecule has 0 aliphatic heterocycles. The van der Waals surface area contributed by atoms with Crippen LogP contribution in [0.2, 0.25) is 0 Å². The predicted octanol–water partition coefficient (Wildman–Crippen LogP) is 3.01. The summed E-state index contributed by atoms with van der Waals surface area (Å²) in [5.41, 5.74) is 2.05. The van der Waals surface area contributed by atoms with Gasteiger partial charge in [0, 0.05) is 28.8 Å². The molecule has 1 aromatic carbocycles. The summed E-state index contributed by atoms with van der Waals surface area (Å²) in [7, 11) is 0. The zero-order chi connectivity index (χ0) is 12.6. The number of nitrogens with one attached hydrogen (secondary N) is 1. The van der Waals surface area contributed by atoms with Gasteiger partial charge in [-0.25, -0.2) is 0 Å². The number of aromatic amines is 1. The number of rotatable bonds is 3. The van der Waals surface area contributed by atoms with Crippen LogP contribution in [0.4, 0.5) is 5.69 Å². The van der Waals surface area contributed by atoms with Gasteiger partial charge >= 0.3 is 0 Å². The summed E-state index contributed by atoms with van der Waals surface area (Å²) in [5.74, 6) is 0.168. The summed E-state index contributed by atoms with van der Waals surface area (Å²) in [6, 6.07) is 4.47. The monoisotopic (exact) mass is 232 g/mol. The van der Waals surface area contributed by atoms with E-state index >= 15 is 0 Å². The first kappa shape index (κ1) is 11.3. The number of fused-ring (bicyclic) bond motifs is 1. The van der Waals surface area contributed by atoms with Gasteiger partial charge in [0.2, 0.25) is 0 Å². The lowest BCUT2D eigenvalue weighted by Crippen LogP contribution is -1.92. The average Bonchev–Trinajstić information content (AvgIpc) is 2.66. The molecule has 0 aliphatic carbocycles. The van der Waals surface area contributed by atoms with Crippen molar-refractivity contribution in [2.75, 3.05) is 0 Å². The summed E-state index contributed by atoms with van der Waals surface area (Å²) in [5, 5.41) is 11.4. The van der Waals surface area contributed by atoms with Crippen LogP contribution in [0, 0.1) is 10.1 Å². The number of aldehydes is 1. The fraction of sp³-hybridized carbons (Fsp3) is 0.250. The Hall–Kier alpha value is -2.17. The lowest BCUT2D eigenvalue weighted by molar-refractivity contribution is -0.384. The second-order valence-corrected chi connectivity index (χ2v) is 4.21. The molecule has 0 radical (unpaired) electrons. The molecular weight excluding hydrogens is 220 g/mol. The molecule has 0 saturated heterocycles. The van der Waals surface area contributed by atoms with E-state index in [1.165, 1.54) is 12.1 Å². The molecule has 0 atom stereocenters. The maximum Gasteiger partial charge on any atom is 0.271 e. The number of aromatic nitrogens is 1. The topological polar surface area (TPSA) is 76.0 Å². The molecule has 0 amide bonds. The number of non-ortho nitro benzene ring substituents is 1. The Labute approximate surface area is 97.6 Å². The first-order valence-corrected chi connectivity index (χ1v) is 5.29. The van der Waals surface area contributed by atoms with Crippen molar-refractivity contribution in [3.8, 4) is 0 Å². The number of nitro benzene ring substituents is 1. The zero-order valence-corrected chi connectivity index (χ0v) is 9.56. The molecule has 17 heavy (non-hydrogen) atoms. The molecule has 1 N–H and O–H groups in total. The highest BCUT2D eigenvalue weighted by atomic mass is 16.6. The number of carbonyl (C=O) groups is 1. The highest BCUT2D eigenvalue weighted by Gasteiger charge is 2.15. The van der Waals surface area contributed by atoms with Gasteiger partial charge in [0.1, 0.15) is 0 Å². The first-order valence-electron chi connectivity index (χ1n) is 5.29. The van der Waals surface area contributed by atoms with Gasteiger partial charge in [-0.05, 0) is 12.0 Å². The molecule has 2 rings (SSSR count). The van der Waals surface area contributed by atoms with E-state index in [0.717, 1.165) is 17.4 Å². The highest BCUT2D eigenvalue weighted by Crippen LogP contribution is 2.28. The van der Waals surface area contributed by atoms with Crippen molar-refractivity contribution in [3.63, 3.8) is 0 Å². The maximum absolute atomic E-state index is 11.1. The highest BCUT2D eigenvalue weighted by molar-refractivity contribution is 5.99. The van der Waals surface area contributed by atoms with Crippen LogP contribution in [0.1, 0.15) is 35.8 Å². The Kier molecular flexibility index (Phi) is 2.67. The molecule has 0 fully saturated rings. The standard InChI is InChI=1S/C12H12N2O3/c1-7(2)12-10(6-15)9-4-3-8(14(16)17)5-11(9)13-12/h3-7,13H,1-2H3. The molecule has 0 unspecified atom stereocenters. The van der Waals surface area contributed by atoms with E-state index in [2.05, 4.69) is 4.98 Å². The van der Waals surface area contributed by atoms with Crippen molar-refractivity contribution in [2.45, 2.75) is 19.8 Å². The first-order chi connectivity index (χ1) is 8.04. The average molecular weight is 232 g/mol.